The van der Waals surface area contributed by atoms with Crippen LogP contribution in [-0.4, -0.2) is 49.2 Å². The second-order valence-corrected chi connectivity index (χ2v) is 14.1. The van der Waals surface area contributed by atoms with Gasteiger partial charge in [-0.3, -0.25) is 0 Å². The van der Waals surface area contributed by atoms with Gasteiger partial charge in [-0.25, -0.2) is 19.9 Å². The lowest BCUT2D eigenvalue weighted by molar-refractivity contribution is 0.426. The summed E-state index contributed by atoms with van der Waals surface area (Å²) in [7, 11) is -1.35. The molecule has 0 atom stereocenters. The lowest BCUT2D eigenvalue weighted by Crippen LogP contribution is -2.29. The molecule has 2 saturated carbocycles. The number of hydrogen-bond donors (Lipinski definition) is 4. The predicted molar refractivity (Wildman–Crippen MR) is 208 cm³/mol. The van der Waals surface area contributed by atoms with Crippen LogP contribution >= 0.6 is 45.8 Å². The van der Waals surface area contributed by atoms with Gasteiger partial charge in [-0.1, -0.05) is 111 Å². The number of nitrogens with zero attached hydrogens (tertiary/aromatic N) is 4. The molecule has 2 heterocycles. The zero-order valence-corrected chi connectivity index (χ0v) is 31.9. The van der Waals surface area contributed by atoms with Gasteiger partial charge in [0.1, 0.15) is 33.6 Å². The van der Waals surface area contributed by atoms with Gasteiger partial charge >= 0.3 is 7.12 Å². The summed E-state index contributed by atoms with van der Waals surface area (Å²) in [6.07, 6.45) is 12.1. The first-order chi connectivity index (χ1) is 23.1. The summed E-state index contributed by atoms with van der Waals surface area (Å²) in [5, 5.41) is 25.6. The van der Waals surface area contributed by atoms with Crippen molar-refractivity contribution in [3.8, 4) is 11.1 Å². The molecule has 2 aliphatic carbocycles. The van der Waals surface area contributed by atoms with Gasteiger partial charge in [-0.15, -0.1) is 0 Å². The summed E-state index contributed by atoms with van der Waals surface area (Å²) < 4.78 is 0.923. The zero-order valence-electron chi connectivity index (χ0n) is 28.2. The molecule has 12 heteroatoms. The first-order valence-corrected chi connectivity index (χ1v) is 18.7. The van der Waals surface area contributed by atoms with Crippen LogP contribution in [0.25, 0.3) is 11.1 Å². The number of anilines is 2. The van der Waals surface area contributed by atoms with Crippen LogP contribution in [0.5, 0.6) is 0 Å². The van der Waals surface area contributed by atoms with Crippen LogP contribution in [0.2, 0.25) is 10.3 Å². The number of hydrogen-bond acceptors (Lipinski definition) is 8. The van der Waals surface area contributed by atoms with Gasteiger partial charge in [0.15, 0.2) is 0 Å². The maximum absolute atomic E-state index is 8.74. The standard InChI is InChI=1S/C18H22ClN3.C10H13ClIN3.C8H11BO2/c1-3-13-8-10-14(11-9-13)16-17(19)20-12(2)21-18(16)22-15-6-4-5-7-15;1-6-13-9(11)8(12)10(14-6)15-7-4-2-3-5-7;1-2-7-3-5-8(6-4-7)9(10)11/h8-11,15H,3-7H2,1-2H3,(H,20,21,22);7H,2-5H2,1H3,(H,13,14,15);3-6,10-11H,2H2,1H3. The molecule has 4 N–H and O–H groups in total. The van der Waals surface area contributed by atoms with E-state index in [1.807, 2.05) is 26.0 Å². The zero-order chi connectivity index (χ0) is 34.6. The van der Waals surface area contributed by atoms with Crippen LogP contribution in [0.3, 0.4) is 0 Å². The van der Waals surface area contributed by atoms with Gasteiger partial charge in [0, 0.05) is 12.1 Å². The van der Waals surface area contributed by atoms with E-state index in [9.17, 15) is 0 Å². The summed E-state index contributed by atoms with van der Waals surface area (Å²) >= 11 is 14.6. The maximum atomic E-state index is 8.74. The summed E-state index contributed by atoms with van der Waals surface area (Å²) in [5.74, 6) is 3.19. The molecule has 2 aromatic carbocycles. The Bertz CT molecular complexity index is 1600. The van der Waals surface area contributed by atoms with Crippen LogP contribution < -0.4 is 16.1 Å². The van der Waals surface area contributed by atoms with Gasteiger partial charge in [-0.05, 0) is 97.1 Å². The van der Waals surface area contributed by atoms with Crippen molar-refractivity contribution in [1.29, 1.82) is 0 Å². The fraction of sp³-hybridized carbons (Fsp3) is 0.444. The van der Waals surface area contributed by atoms with E-state index in [4.69, 9.17) is 33.2 Å². The molecular formula is C36H46BCl2IN6O2. The van der Waals surface area contributed by atoms with Crippen molar-refractivity contribution in [2.45, 2.75) is 104 Å². The molecule has 0 aliphatic heterocycles. The van der Waals surface area contributed by atoms with E-state index in [0.29, 0.717) is 33.7 Å². The highest BCUT2D eigenvalue weighted by Crippen LogP contribution is 2.35. The van der Waals surface area contributed by atoms with Crippen LogP contribution in [0, 0.1) is 17.4 Å². The van der Waals surface area contributed by atoms with Crippen molar-refractivity contribution in [3.05, 3.63) is 85.2 Å². The quantitative estimate of drug-likeness (QED) is 0.0799. The number of rotatable bonds is 8. The molecule has 48 heavy (non-hydrogen) atoms. The smallest absolute Gasteiger partial charge is 0.423 e. The summed E-state index contributed by atoms with van der Waals surface area (Å²) in [5.41, 5.74) is 5.05. The molecule has 256 valence electrons. The minimum Gasteiger partial charge on any atom is -0.423 e. The Hall–Kier alpha value is -2.51. The minimum absolute atomic E-state index is 0.499. The van der Waals surface area contributed by atoms with Gasteiger partial charge in [0.2, 0.25) is 0 Å². The van der Waals surface area contributed by atoms with Crippen LogP contribution in [0.1, 0.15) is 88.0 Å². The normalized spacial score (nSPS) is 14.5. The molecule has 0 saturated heterocycles. The van der Waals surface area contributed by atoms with Crippen molar-refractivity contribution >= 4 is 70.0 Å². The first-order valence-electron chi connectivity index (χ1n) is 16.9. The highest BCUT2D eigenvalue weighted by molar-refractivity contribution is 14.1. The Morgan fingerprint density at radius 2 is 1.12 bits per heavy atom. The third kappa shape index (κ3) is 11.3. The Morgan fingerprint density at radius 3 is 1.60 bits per heavy atom. The molecule has 8 nitrogen and oxygen atoms in total. The molecule has 6 rings (SSSR count). The predicted octanol–water partition coefficient (Wildman–Crippen LogP) is 8.35. The highest BCUT2D eigenvalue weighted by atomic mass is 127. The Kier molecular flexibility index (Phi) is 15.2. The number of nitrogens with one attached hydrogen (secondary N) is 2. The topological polar surface area (TPSA) is 116 Å². The van der Waals surface area contributed by atoms with Crippen LogP contribution in [0.4, 0.5) is 11.6 Å². The molecule has 2 fully saturated rings. The molecule has 0 unspecified atom stereocenters. The maximum Gasteiger partial charge on any atom is 0.488 e. The Balaban J connectivity index is 0.000000174. The van der Waals surface area contributed by atoms with Gasteiger partial charge in [0.05, 0.1) is 9.13 Å². The van der Waals surface area contributed by atoms with Crippen molar-refractivity contribution in [1.82, 2.24) is 19.9 Å². The van der Waals surface area contributed by atoms with E-state index in [0.717, 1.165) is 45.0 Å². The average Bonchev–Trinajstić information content (AvgIpc) is 3.79. The van der Waals surface area contributed by atoms with Gasteiger partial charge < -0.3 is 20.7 Å². The van der Waals surface area contributed by atoms with Crippen molar-refractivity contribution in [2.24, 2.45) is 0 Å². The van der Waals surface area contributed by atoms with Crippen LogP contribution in [-0.2, 0) is 12.8 Å². The average molecular weight is 803 g/mol. The fourth-order valence-electron chi connectivity index (χ4n) is 5.88. The highest BCUT2D eigenvalue weighted by Gasteiger charge is 2.20. The van der Waals surface area contributed by atoms with E-state index >= 15 is 0 Å². The minimum atomic E-state index is -1.35. The monoisotopic (exact) mass is 802 g/mol. The molecule has 2 aromatic heterocycles. The lowest BCUT2D eigenvalue weighted by Gasteiger charge is -2.17. The number of halogens is 3. The fourth-order valence-corrected chi connectivity index (χ4v) is 6.81. The number of aryl methyl sites for hydroxylation is 4. The molecule has 0 spiro atoms. The third-order valence-electron chi connectivity index (χ3n) is 8.63. The Labute approximate surface area is 309 Å². The van der Waals surface area contributed by atoms with E-state index in [-0.39, 0.29) is 0 Å². The van der Waals surface area contributed by atoms with Crippen LogP contribution in [0.15, 0.2) is 48.5 Å². The molecular weight excluding hydrogens is 757 g/mol. The summed E-state index contributed by atoms with van der Waals surface area (Å²) in [4.78, 5) is 17.4. The van der Waals surface area contributed by atoms with E-state index < -0.39 is 7.12 Å². The second kappa shape index (κ2) is 19.0. The van der Waals surface area contributed by atoms with Gasteiger partial charge in [-0.2, -0.15) is 0 Å². The SMILES string of the molecule is CCc1ccc(-c2c(Cl)nc(C)nc2NC2CCCC2)cc1.CCc1ccc(B(O)O)cc1.Cc1nc(Cl)c(I)c(NC2CCCC2)n1. The van der Waals surface area contributed by atoms with Gasteiger partial charge in [0.25, 0.3) is 0 Å². The van der Waals surface area contributed by atoms with Crippen molar-refractivity contribution in [3.63, 3.8) is 0 Å². The summed E-state index contributed by atoms with van der Waals surface area (Å²) in [6, 6.07) is 16.8. The molecule has 0 amide bonds. The Morgan fingerprint density at radius 1 is 0.688 bits per heavy atom. The molecule has 4 aromatic rings. The third-order valence-corrected chi connectivity index (χ3v) is 10.5. The van der Waals surface area contributed by atoms with E-state index in [2.05, 4.69) is 91.3 Å². The van der Waals surface area contributed by atoms with E-state index in [1.165, 1.54) is 62.5 Å². The lowest BCUT2D eigenvalue weighted by atomic mass is 9.80. The van der Waals surface area contributed by atoms with E-state index in [1.54, 1.807) is 12.1 Å². The molecule has 2 aliphatic rings. The molecule has 0 radical (unpaired) electrons. The largest absolute Gasteiger partial charge is 0.488 e. The van der Waals surface area contributed by atoms with Crippen molar-refractivity contribution < 1.29 is 10.0 Å². The summed E-state index contributed by atoms with van der Waals surface area (Å²) in [6.45, 7) is 7.96. The first kappa shape index (κ1) is 38.3. The number of aromatic nitrogens is 4. The molecule has 0 bridgehead atoms. The number of benzene rings is 2. The van der Waals surface area contributed by atoms with Crippen molar-refractivity contribution in [2.75, 3.05) is 10.6 Å². The second-order valence-electron chi connectivity index (χ2n) is 12.3.